The fraction of sp³-hybridized carbons (Fsp3) is 0.143. The summed E-state index contributed by atoms with van der Waals surface area (Å²) < 4.78 is 0.937. The summed E-state index contributed by atoms with van der Waals surface area (Å²) in [7, 11) is 1.78. The molecule has 1 aromatic carbocycles. The zero-order chi connectivity index (χ0) is 13.8. The van der Waals surface area contributed by atoms with Gasteiger partial charge in [-0.15, -0.1) is 0 Å². The van der Waals surface area contributed by atoms with Crippen molar-refractivity contribution in [3.8, 4) is 0 Å². The number of nitrogens with zero attached hydrogens (tertiary/aromatic N) is 1. The SMILES string of the molecule is CNc1ccc(C(=O)Nc2cc(C)cc(Br)c2)cn1. The van der Waals surface area contributed by atoms with Gasteiger partial charge >= 0.3 is 0 Å². The van der Waals surface area contributed by atoms with E-state index >= 15 is 0 Å². The Bertz CT molecular complexity index is 576. The molecule has 2 aromatic rings. The van der Waals surface area contributed by atoms with E-state index in [1.165, 1.54) is 0 Å². The van der Waals surface area contributed by atoms with Crippen LogP contribution in [0.1, 0.15) is 15.9 Å². The normalized spacial score (nSPS) is 10.1. The van der Waals surface area contributed by atoms with Gasteiger partial charge in [-0.2, -0.15) is 0 Å². The first-order chi connectivity index (χ1) is 9.08. The van der Waals surface area contributed by atoms with Crippen LogP contribution in [0.15, 0.2) is 41.0 Å². The number of halogens is 1. The summed E-state index contributed by atoms with van der Waals surface area (Å²) in [5, 5.41) is 5.76. The largest absolute Gasteiger partial charge is 0.373 e. The van der Waals surface area contributed by atoms with Crippen molar-refractivity contribution in [3.63, 3.8) is 0 Å². The quantitative estimate of drug-likeness (QED) is 0.911. The molecule has 19 heavy (non-hydrogen) atoms. The Kier molecular flexibility index (Phi) is 4.16. The molecule has 5 heteroatoms. The van der Waals surface area contributed by atoms with Crippen LogP contribution >= 0.6 is 15.9 Å². The Hall–Kier alpha value is -1.88. The van der Waals surface area contributed by atoms with Crippen molar-refractivity contribution < 1.29 is 4.79 Å². The highest BCUT2D eigenvalue weighted by molar-refractivity contribution is 9.10. The molecule has 0 atom stereocenters. The number of amides is 1. The number of benzene rings is 1. The molecule has 0 spiro atoms. The Labute approximate surface area is 120 Å². The van der Waals surface area contributed by atoms with Crippen LogP contribution in [0.2, 0.25) is 0 Å². The topological polar surface area (TPSA) is 54.0 Å². The van der Waals surface area contributed by atoms with E-state index in [2.05, 4.69) is 31.5 Å². The molecule has 0 radical (unpaired) electrons. The van der Waals surface area contributed by atoms with E-state index in [4.69, 9.17) is 0 Å². The number of aryl methyl sites for hydroxylation is 1. The van der Waals surface area contributed by atoms with Gasteiger partial charge in [0, 0.05) is 23.4 Å². The molecule has 0 saturated heterocycles. The highest BCUT2D eigenvalue weighted by Crippen LogP contribution is 2.19. The molecule has 1 amide bonds. The highest BCUT2D eigenvalue weighted by atomic mass is 79.9. The summed E-state index contributed by atoms with van der Waals surface area (Å²) in [5.74, 6) is 0.558. The van der Waals surface area contributed by atoms with Crippen molar-refractivity contribution in [1.29, 1.82) is 0 Å². The van der Waals surface area contributed by atoms with Crippen molar-refractivity contribution >= 4 is 33.3 Å². The number of anilines is 2. The zero-order valence-corrected chi connectivity index (χ0v) is 12.3. The zero-order valence-electron chi connectivity index (χ0n) is 10.7. The lowest BCUT2D eigenvalue weighted by Crippen LogP contribution is -2.12. The molecular weight excluding hydrogens is 306 g/mol. The summed E-state index contributed by atoms with van der Waals surface area (Å²) >= 11 is 3.41. The van der Waals surface area contributed by atoms with E-state index < -0.39 is 0 Å². The number of aromatic nitrogens is 1. The fourth-order valence-electron chi connectivity index (χ4n) is 1.69. The average molecular weight is 320 g/mol. The molecule has 0 unspecified atom stereocenters. The maximum atomic E-state index is 12.0. The molecule has 0 fully saturated rings. The summed E-state index contributed by atoms with van der Waals surface area (Å²) in [6.07, 6.45) is 1.55. The summed E-state index contributed by atoms with van der Waals surface area (Å²) in [6.45, 7) is 1.98. The minimum Gasteiger partial charge on any atom is -0.373 e. The highest BCUT2D eigenvalue weighted by Gasteiger charge is 2.07. The number of hydrogen-bond donors (Lipinski definition) is 2. The van der Waals surface area contributed by atoms with Crippen LogP contribution in [0.4, 0.5) is 11.5 Å². The van der Waals surface area contributed by atoms with Crippen LogP contribution < -0.4 is 10.6 Å². The number of pyridine rings is 1. The van der Waals surface area contributed by atoms with E-state index in [-0.39, 0.29) is 5.91 Å². The molecule has 2 rings (SSSR count). The molecule has 1 aromatic heterocycles. The van der Waals surface area contributed by atoms with E-state index in [0.29, 0.717) is 5.56 Å². The van der Waals surface area contributed by atoms with Crippen molar-refractivity contribution in [3.05, 3.63) is 52.1 Å². The minimum atomic E-state index is -0.173. The molecule has 0 saturated carbocycles. The van der Waals surface area contributed by atoms with Crippen molar-refractivity contribution in [2.45, 2.75) is 6.92 Å². The third-order valence-corrected chi connectivity index (χ3v) is 3.04. The average Bonchev–Trinajstić information content (AvgIpc) is 2.37. The molecule has 4 nitrogen and oxygen atoms in total. The molecule has 1 heterocycles. The van der Waals surface area contributed by atoms with Gasteiger partial charge in [-0.3, -0.25) is 4.79 Å². The smallest absolute Gasteiger partial charge is 0.257 e. The third-order valence-electron chi connectivity index (χ3n) is 2.58. The fourth-order valence-corrected chi connectivity index (χ4v) is 2.30. The predicted octanol–water partition coefficient (Wildman–Crippen LogP) is 3.45. The lowest BCUT2D eigenvalue weighted by molar-refractivity contribution is 0.102. The number of rotatable bonds is 3. The maximum absolute atomic E-state index is 12.0. The second-order valence-electron chi connectivity index (χ2n) is 4.15. The Balaban J connectivity index is 2.15. The molecule has 0 bridgehead atoms. The van der Waals surface area contributed by atoms with Gasteiger partial charge < -0.3 is 10.6 Å². The Morgan fingerprint density at radius 1 is 1.26 bits per heavy atom. The van der Waals surface area contributed by atoms with E-state index in [1.807, 2.05) is 25.1 Å². The van der Waals surface area contributed by atoms with E-state index in [1.54, 1.807) is 25.4 Å². The first-order valence-electron chi connectivity index (χ1n) is 5.81. The van der Waals surface area contributed by atoms with E-state index in [0.717, 1.165) is 21.5 Å². The van der Waals surface area contributed by atoms with Crippen LogP contribution in [0.25, 0.3) is 0 Å². The van der Waals surface area contributed by atoms with Crippen molar-refractivity contribution in [1.82, 2.24) is 4.98 Å². The van der Waals surface area contributed by atoms with Crippen molar-refractivity contribution in [2.24, 2.45) is 0 Å². The van der Waals surface area contributed by atoms with E-state index in [9.17, 15) is 4.79 Å². The Morgan fingerprint density at radius 3 is 2.63 bits per heavy atom. The number of carbonyl (C=O) groups excluding carboxylic acids is 1. The minimum absolute atomic E-state index is 0.173. The summed E-state index contributed by atoms with van der Waals surface area (Å²) in [6, 6.07) is 9.26. The summed E-state index contributed by atoms with van der Waals surface area (Å²) in [4.78, 5) is 16.2. The van der Waals surface area contributed by atoms with Gasteiger partial charge in [0.15, 0.2) is 0 Å². The van der Waals surface area contributed by atoms with Crippen molar-refractivity contribution in [2.75, 3.05) is 17.7 Å². The molecule has 0 aliphatic rings. The van der Waals surface area contributed by atoms with Crippen LogP contribution in [-0.4, -0.2) is 17.9 Å². The number of carbonyl (C=O) groups is 1. The lowest BCUT2D eigenvalue weighted by atomic mass is 10.2. The van der Waals surface area contributed by atoms with Gasteiger partial charge in [-0.05, 0) is 42.8 Å². The lowest BCUT2D eigenvalue weighted by Gasteiger charge is -2.07. The number of hydrogen-bond acceptors (Lipinski definition) is 3. The predicted molar refractivity (Wildman–Crippen MR) is 80.6 cm³/mol. The first kappa shape index (κ1) is 13.5. The third kappa shape index (κ3) is 3.54. The first-order valence-corrected chi connectivity index (χ1v) is 6.60. The van der Waals surface area contributed by atoms with Crippen LogP contribution in [0, 0.1) is 6.92 Å². The van der Waals surface area contributed by atoms with Gasteiger partial charge in [0.25, 0.3) is 5.91 Å². The second-order valence-corrected chi connectivity index (χ2v) is 5.07. The molecule has 0 aliphatic carbocycles. The van der Waals surface area contributed by atoms with Gasteiger partial charge in [0.2, 0.25) is 0 Å². The van der Waals surface area contributed by atoms with Gasteiger partial charge in [-0.1, -0.05) is 15.9 Å². The summed E-state index contributed by atoms with van der Waals surface area (Å²) in [5.41, 5.74) is 2.36. The maximum Gasteiger partial charge on any atom is 0.257 e. The number of nitrogens with one attached hydrogen (secondary N) is 2. The van der Waals surface area contributed by atoms with Crippen LogP contribution in [0.3, 0.4) is 0 Å². The Morgan fingerprint density at radius 2 is 2.05 bits per heavy atom. The van der Waals surface area contributed by atoms with Gasteiger partial charge in [-0.25, -0.2) is 4.98 Å². The monoisotopic (exact) mass is 319 g/mol. The van der Waals surface area contributed by atoms with Crippen LogP contribution in [0.5, 0.6) is 0 Å². The van der Waals surface area contributed by atoms with Gasteiger partial charge in [0.05, 0.1) is 5.56 Å². The second kappa shape index (κ2) is 5.84. The van der Waals surface area contributed by atoms with Crippen LogP contribution in [-0.2, 0) is 0 Å². The molecule has 0 aliphatic heterocycles. The molecular formula is C14H14BrN3O. The van der Waals surface area contributed by atoms with Gasteiger partial charge in [0.1, 0.15) is 5.82 Å². The standard InChI is InChI=1S/C14H14BrN3O/c1-9-5-11(15)7-12(6-9)18-14(19)10-3-4-13(16-2)17-8-10/h3-8H,1-2H3,(H,16,17)(H,18,19). The molecule has 2 N–H and O–H groups in total. The molecule has 98 valence electrons.